The molecule has 0 bridgehead atoms. The van der Waals surface area contributed by atoms with Crippen LogP contribution in [0.1, 0.15) is 53.9 Å². The molecule has 1 saturated heterocycles. The van der Waals surface area contributed by atoms with Gasteiger partial charge >= 0.3 is 6.09 Å². The number of piperidine rings is 1. The van der Waals surface area contributed by atoms with Gasteiger partial charge in [-0.2, -0.15) is 0 Å². The third kappa shape index (κ3) is 4.09. The number of aliphatic hydroxyl groups is 2. The lowest BCUT2D eigenvalue weighted by Gasteiger charge is -2.48. The summed E-state index contributed by atoms with van der Waals surface area (Å²) in [6.07, 6.45) is 1.61. The average Bonchev–Trinajstić information content (AvgIpc) is 2.26. The van der Waals surface area contributed by atoms with E-state index >= 15 is 0 Å². The molecule has 0 saturated carbocycles. The van der Waals surface area contributed by atoms with Gasteiger partial charge in [0.1, 0.15) is 5.60 Å². The molecule has 1 heterocycles. The molecule has 1 amide bonds. The highest BCUT2D eigenvalue weighted by Crippen LogP contribution is 2.44. The first-order valence-corrected chi connectivity index (χ1v) is 7.32. The third-order valence-corrected chi connectivity index (χ3v) is 4.26. The highest BCUT2D eigenvalue weighted by molar-refractivity contribution is 5.68. The number of nitrogens with zero attached hydrogens (tertiary/aromatic N) is 1. The van der Waals surface area contributed by atoms with Crippen molar-refractivity contribution in [2.75, 3.05) is 19.7 Å². The van der Waals surface area contributed by atoms with Crippen molar-refractivity contribution >= 4 is 6.09 Å². The largest absolute Gasteiger partial charge is 0.444 e. The lowest BCUT2D eigenvalue weighted by Crippen LogP contribution is -2.53. The topological polar surface area (TPSA) is 70.0 Å². The van der Waals surface area contributed by atoms with Crippen molar-refractivity contribution in [2.45, 2.75) is 65.1 Å². The predicted octanol–water partition coefficient (Wildman–Crippen LogP) is 2.16. The molecule has 0 atom stereocenters. The summed E-state index contributed by atoms with van der Waals surface area (Å²) in [5.41, 5.74) is -1.69. The molecule has 1 rings (SSSR count). The minimum atomic E-state index is -0.865. The van der Waals surface area contributed by atoms with Gasteiger partial charge in [-0.1, -0.05) is 0 Å². The maximum absolute atomic E-state index is 12.0. The zero-order valence-corrected chi connectivity index (χ0v) is 13.4. The average molecular weight is 287 g/mol. The number of rotatable bonds is 3. The lowest BCUT2D eigenvalue weighted by atomic mass is 9.65. The Hall–Kier alpha value is -0.810. The Kier molecular flexibility index (Phi) is 5.08. The molecular formula is C15H29NO4. The molecule has 0 aliphatic carbocycles. The van der Waals surface area contributed by atoms with E-state index in [4.69, 9.17) is 4.74 Å². The molecule has 2 N–H and O–H groups in total. The van der Waals surface area contributed by atoms with E-state index in [9.17, 15) is 15.0 Å². The molecule has 0 spiro atoms. The van der Waals surface area contributed by atoms with Crippen LogP contribution in [0.15, 0.2) is 0 Å². The Morgan fingerprint density at radius 2 is 1.70 bits per heavy atom. The highest BCUT2D eigenvalue weighted by atomic mass is 16.6. The van der Waals surface area contributed by atoms with Crippen LogP contribution in [0.3, 0.4) is 0 Å². The van der Waals surface area contributed by atoms with E-state index in [1.165, 1.54) is 0 Å². The fourth-order valence-corrected chi connectivity index (χ4v) is 2.83. The smallest absolute Gasteiger partial charge is 0.410 e. The molecule has 0 radical (unpaired) electrons. The van der Waals surface area contributed by atoms with Crippen LogP contribution in [0.5, 0.6) is 0 Å². The summed E-state index contributed by atoms with van der Waals surface area (Å²) in [4.78, 5) is 13.7. The number of hydrogen-bond donors (Lipinski definition) is 2. The van der Waals surface area contributed by atoms with Gasteiger partial charge in [0.2, 0.25) is 0 Å². The lowest BCUT2D eigenvalue weighted by molar-refractivity contribution is -0.0993. The van der Waals surface area contributed by atoms with Crippen molar-refractivity contribution in [3.8, 4) is 0 Å². The van der Waals surface area contributed by atoms with Crippen LogP contribution in [0.4, 0.5) is 4.79 Å². The van der Waals surface area contributed by atoms with Gasteiger partial charge in [-0.25, -0.2) is 4.79 Å². The molecule has 0 aromatic rings. The van der Waals surface area contributed by atoms with Crippen LogP contribution >= 0.6 is 0 Å². The molecule has 1 fully saturated rings. The Balaban J connectivity index is 2.68. The Morgan fingerprint density at radius 3 is 2.05 bits per heavy atom. The first-order valence-electron chi connectivity index (χ1n) is 7.32. The number of ether oxygens (including phenoxy) is 1. The summed E-state index contributed by atoms with van der Waals surface area (Å²) in [7, 11) is 0. The van der Waals surface area contributed by atoms with E-state index in [1.54, 1.807) is 18.7 Å². The van der Waals surface area contributed by atoms with E-state index in [1.807, 2.05) is 20.8 Å². The SMILES string of the molecule is CC(C)(C)OC(=O)N1CCC(CCO)(C(C)(C)O)CC1. The normalized spacial score (nSPS) is 19.9. The monoisotopic (exact) mass is 287 g/mol. The summed E-state index contributed by atoms with van der Waals surface area (Å²) in [6.45, 7) is 10.3. The number of amides is 1. The number of aliphatic hydroxyl groups excluding tert-OH is 1. The summed E-state index contributed by atoms with van der Waals surface area (Å²) < 4.78 is 5.37. The van der Waals surface area contributed by atoms with E-state index in [-0.39, 0.29) is 18.1 Å². The van der Waals surface area contributed by atoms with E-state index < -0.39 is 11.2 Å². The minimum Gasteiger partial charge on any atom is -0.444 e. The van der Waals surface area contributed by atoms with Crippen LogP contribution in [0, 0.1) is 5.41 Å². The molecule has 5 heteroatoms. The summed E-state index contributed by atoms with van der Waals surface area (Å²) in [5, 5.41) is 19.6. The van der Waals surface area contributed by atoms with Crippen molar-refractivity contribution in [3.63, 3.8) is 0 Å². The standard InChI is InChI=1S/C15H29NO4/c1-13(2,3)20-12(18)16-9-6-15(7-10-16,8-11-17)14(4,5)19/h17,19H,6-11H2,1-5H3. The quantitative estimate of drug-likeness (QED) is 0.834. The molecule has 0 unspecified atom stereocenters. The number of likely N-dealkylation sites (tertiary alicyclic amines) is 1. The molecule has 1 aliphatic rings. The van der Waals surface area contributed by atoms with Gasteiger partial charge < -0.3 is 19.8 Å². The van der Waals surface area contributed by atoms with Crippen LogP contribution < -0.4 is 0 Å². The Bertz CT molecular complexity index is 333. The van der Waals surface area contributed by atoms with Crippen molar-refractivity contribution in [2.24, 2.45) is 5.41 Å². The van der Waals surface area contributed by atoms with Crippen LogP contribution in [-0.2, 0) is 4.74 Å². The first kappa shape index (κ1) is 17.2. The minimum absolute atomic E-state index is 0.0520. The molecule has 20 heavy (non-hydrogen) atoms. The number of hydrogen-bond acceptors (Lipinski definition) is 4. The van der Waals surface area contributed by atoms with Crippen molar-refractivity contribution in [1.29, 1.82) is 0 Å². The third-order valence-electron chi connectivity index (χ3n) is 4.26. The van der Waals surface area contributed by atoms with Gasteiger partial charge in [0.05, 0.1) is 5.60 Å². The van der Waals surface area contributed by atoms with Gasteiger partial charge in [-0.3, -0.25) is 0 Å². The zero-order chi connectivity index (χ0) is 15.6. The zero-order valence-electron chi connectivity index (χ0n) is 13.4. The van der Waals surface area contributed by atoms with E-state index in [0.29, 0.717) is 32.4 Å². The van der Waals surface area contributed by atoms with Gasteiger partial charge in [-0.15, -0.1) is 0 Å². The van der Waals surface area contributed by atoms with Crippen LogP contribution in [0.2, 0.25) is 0 Å². The van der Waals surface area contributed by atoms with E-state index in [0.717, 1.165) is 0 Å². The molecule has 5 nitrogen and oxygen atoms in total. The van der Waals surface area contributed by atoms with Crippen molar-refractivity contribution < 1.29 is 19.7 Å². The Morgan fingerprint density at radius 1 is 1.20 bits per heavy atom. The highest BCUT2D eigenvalue weighted by Gasteiger charge is 2.46. The molecule has 1 aliphatic heterocycles. The number of carbonyl (C=O) groups excluding carboxylic acids is 1. The van der Waals surface area contributed by atoms with Gasteiger partial charge in [0, 0.05) is 25.1 Å². The van der Waals surface area contributed by atoms with E-state index in [2.05, 4.69) is 0 Å². The van der Waals surface area contributed by atoms with Crippen molar-refractivity contribution in [1.82, 2.24) is 4.90 Å². The van der Waals surface area contributed by atoms with Crippen LogP contribution in [0.25, 0.3) is 0 Å². The summed E-state index contributed by atoms with van der Waals surface area (Å²) >= 11 is 0. The maximum atomic E-state index is 12.0. The van der Waals surface area contributed by atoms with Crippen LogP contribution in [-0.4, -0.2) is 52.1 Å². The maximum Gasteiger partial charge on any atom is 0.410 e. The molecular weight excluding hydrogens is 258 g/mol. The summed E-state index contributed by atoms with van der Waals surface area (Å²) in [5.74, 6) is 0. The van der Waals surface area contributed by atoms with Crippen molar-refractivity contribution in [3.05, 3.63) is 0 Å². The van der Waals surface area contributed by atoms with Gasteiger partial charge in [0.15, 0.2) is 0 Å². The fourth-order valence-electron chi connectivity index (χ4n) is 2.83. The first-order chi connectivity index (χ1) is 9.01. The predicted molar refractivity (Wildman–Crippen MR) is 77.5 cm³/mol. The fraction of sp³-hybridized carbons (Fsp3) is 0.933. The second-order valence-electron chi connectivity index (χ2n) is 7.28. The summed E-state index contributed by atoms with van der Waals surface area (Å²) in [6, 6.07) is 0. The number of carbonyl (C=O) groups is 1. The molecule has 0 aromatic heterocycles. The molecule has 0 aromatic carbocycles. The van der Waals surface area contributed by atoms with Gasteiger partial charge in [0.25, 0.3) is 0 Å². The second-order valence-corrected chi connectivity index (χ2v) is 7.28. The Labute approximate surface area is 121 Å². The van der Waals surface area contributed by atoms with Gasteiger partial charge in [-0.05, 0) is 53.9 Å². The second kappa shape index (κ2) is 5.90. The molecule has 118 valence electrons.